The molecule has 0 bridgehead atoms. The number of hydrogen-bond acceptors (Lipinski definition) is 0. The van der Waals surface area contributed by atoms with Gasteiger partial charge in [0.25, 0.3) is 0 Å². The van der Waals surface area contributed by atoms with Crippen LogP contribution in [0.1, 0.15) is 107 Å². The Morgan fingerprint density at radius 1 is 1.09 bits per heavy atom. The van der Waals surface area contributed by atoms with E-state index < -0.39 is 0 Å². The molecule has 0 heteroatoms. The van der Waals surface area contributed by atoms with E-state index in [-0.39, 0.29) is 0 Å². The van der Waals surface area contributed by atoms with E-state index in [0.717, 1.165) is 23.7 Å². The van der Waals surface area contributed by atoms with Gasteiger partial charge < -0.3 is 0 Å². The fourth-order valence-corrected chi connectivity index (χ4v) is 5.19. The highest BCUT2D eigenvalue weighted by Crippen LogP contribution is 2.54. The van der Waals surface area contributed by atoms with Crippen molar-refractivity contribution in [3.05, 3.63) is 0 Å². The third kappa shape index (κ3) is 4.51. The Bertz CT molecular complexity index is 312. The lowest BCUT2D eigenvalue weighted by Gasteiger charge is -2.44. The summed E-state index contributed by atoms with van der Waals surface area (Å²) in [5.74, 6) is 3.50. The molecule has 0 heterocycles. The monoisotopic (exact) mass is 308 g/mol. The van der Waals surface area contributed by atoms with E-state index in [4.69, 9.17) is 0 Å². The summed E-state index contributed by atoms with van der Waals surface area (Å²) in [6, 6.07) is 0. The minimum absolute atomic E-state index is 0.581. The Kier molecular flexibility index (Phi) is 7.47. The standard InChI is InChI=1S/C22H44/c1-9-20(19(7)17(4)5)15-22(10-2,11-3)16-21(8)14-12-13-18(21)6/h17-20H,9-16H2,1-8H3. The van der Waals surface area contributed by atoms with Crippen LogP contribution in [0.4, 0.5) is 0 Å². The molecule has 0 aromatic rings. The second kappa shape index (κ2) is 8.20. The molecule has 1 saturated carbocycles. The molecule has 0 aromatic carbocycles. The molecule has 0 nitrogen and oxygen atoms in total. The molecule has 0 aromatic heterocycles. The van der Waals surface area contributed by atoms with E-state index in [0.29, 0.717) is 10.8 Å². The van der Waals surface area contributed by atoms with Crippen LogP contribution in [0.25, 0.3) is 0 Å². The predicted octanol–water partition coefficient (Wildman–Crippen LogP) is 7.72. The molecule has 132 valence electrons. The topological polar surface area (TPSA) is 0 Å². The van der Waals surface area contributed by atoms with Gasteiger partial charge in [-0.2, -0.15) is 0 Å². The lowest BCUT2D eigenvalue weighted by molar-refractivity contribution is 0.0599. The molecule has 1 aliphatic rings. The molecule has 0 saturated heterocycles. The van der Waals surface area contributed by atoms with Crippen LogP contribution in [0.3, 0.4) is 0 Å². The normalized spacial score (nSPS) is 29.0. The molecule has 0 N–H and O–H groups in total. The quantitative estimate of drug-likeness (QED) is 0.409. The van der Waals surface area contributed by atoms with Gasteiger partial charge in [0, 0.05) is 0 Å². The smallest absolute Gasteiger partial charge is 0.0295 e. The number of rotatable bonds is 9. The molecule has 0 amide bonds. The summed E-state index contributed by atoms with van der Waals surface area (Å²) in [6.45, 7) is 19.8. The summed E-state index contributed by atoms with van der Waals surface area (Å²) in [7, 11) is 0. The first-order valence-corrected chi connectivity index (χ1v) is 10.2. The molecule has 4 unspecified atom stereocenters. The van der Waals surface area contributed by atoms with E-state index >= 15 is 0 Å². The van der Waals surface area contributed by atoms with Crippen LogP contribution in [0.2, 0.25) is 0 Å². The number of hydrogen-bond donors (Lipinski definition) is 0. The van der Waals surface area contributed by atoms with Crippen molar-refractivity contribution in [1.29, 1.82) is 0 Å². The summed E-state index contributed by atoms with van der Waals surface area (Å²) in [6.07, 6.45) is 11.4. The minimum atomic E-state index is 0.581. The minimum Gasteiger partial charge on any atom is -0.0651 e. The van der Waals surface area contributed by atoms with Gasteiger partial charge in [-0.1, -0.05) is 87.5 Å². The average Bonchev–Trinajstić information content (AvgIpc) is 2.82. The first-order valence-electron chi connectivity index (χ1n) is 10.2. The highest BCUT2D eigenvalue weighted by atomic mass is 14.5. The van der Waals surface area contributed by atoms with Crippen molar-refractivity contribution in [2.45, 2.75) is 107 Å². The molecule has 0 aliphatic heterocycles. The van der Waals surface area contributed by atoms with Gasteiger partial charge in [0.1, 0.15) is 0 Å². The SMILES string of the molecule is CCC(CC(CC)(CC)CC1(C)CCCC1C)C(C)C(C)C. The van der Waals surface area contributed by atoms with Gasteiger partial charge >= 0.3 is 0 Å². The van der Waals surface area contributed by atoms with Crippen LogP contribution in [0, 0.1) is 34.5 Å². The van der Waals surface area contributed by atoms with Crippen molar-refractivity contribution < 1.29 is 0 Å². The molecule has 1 aliphatic carbocycles. The Hall–Kier alpha value is 0. The average molecular weight is 309 g/mol. The molecule has 22 heavy (non-hydrogen) atoms. The zero-order valence-electron chi connectivity index (χ0n) is 17.0. The molecular weight excluding hydrogens is 264 g/mol. The Labute approximate surface area is 141 Å². The summed E-state index contributed by atoms with van der Waals surface area (Å²) in [5.41, 5.74) is 1.18. The lowest BCUT2D eigenvalue weighted by Crippen LogP contribution is -2.34. The van der Waals surface area contributed by atoms with E-state index in [1.165, 1.54) is 51.4 Å². The third-order valence-electron chi connectivity index (χ3n) is 7.87. The van der Waals surface area contributed by atoms with Crippen molar-refractivity contribution in [3.63, 3.8) is 0 Å². The van der Waals surface area contributed by atoms with Crippen LogP contribution in [-0.2, 0) is 0 Å². The third-order valence-corrected chi connectivity index (χ3v) is 7.87. The van der Waals surface area contributed by atoms with Crippen LogP contribution in [0.15, 0.2) is 0 Å². The molecular formula is C22H44. The first-order chi connectivity index (χ1) is 10.2. The van der Waals surface area contributed by atoms with Gasteiger partial charge in [-0.3, -0.25) is 0 Å². The largest absolute Gasteiger partial charge is 0.0651 e. The molecule has 0 spiro atoms. The summed E-state index contributed by atoms with van der Waals surface area (Å²) in [5, 5.41) is 0. The molecule has 4 atom stereocenters. The maximum atomic E-state index is 2.59. The fourth-order valence-electron chi connectivity index (χ4n) is 5.19. The van der Waals surface area contributed by atoms with Gasteiger partial charge in [0.2, 0.25) is 0 Å². The van der Waals surface area contributed by atoms with Crippen molar-refractivity contribution in [2.75, 3.05) is 0 Å². The second-order valence-electron chi connectivity index (χ2n) is 9.31. The van der Waals surface area contributed by atoms with E-state index in [1.807, 2.05) is 0 Å². The highest BCUT2D eigenvalue weighted by Gasteiger charge is 2.43. The highest BCUT2D eigenvalue weighted by molar-refractivity contribution is 4.94. The molecule has 1 rings (SSSR count). The summed E-state index contributed by atoms with van der Waals surface area (Å²) >= 11 is 0. The lowest BCUT2D eigenvalue weighted by atomic mass is 9.61. The van der Waals surface area contributed by atoms with Crippen molar-refractivity contribution in [2.24, 2.45) is 34.5 Å². The van der Waals surface area contributed by atoms with Crippen LogP contribution in [0.5, 0.6) is 0 Å². The Morgan fingerprint density at radius 3 is 2.05 bits per heavy atom. The maximum absolute atomic E-state index is 2.59. The van der Waals surface area contributed by atoms with Gasteiger partial charge in [-0.25, -0.2) is 0 Å². The van der Waals surface area contributed by atoms with Gasteiger partial charge in [-0.05, 0) is 53.8 Å². The van der Waals surface area contributed by atoms with Crippen LogP contribution in [-0.4, -0.2) is 0 Å². The van der Waals surface area contributed by atoms with Crippen LogP contribution < -0.4 is 0 Å². The van der Waals surface area contributed by atoms with E-state index in [2.05, 4.69) is 55.4 Å². The first kappa shape index (κ1) is 20.0. The Balaban J connectivity index is 2.90. The van der Waals surface area contributed by atoms with Crippen molar-refractivity contribution >= 4 is 0 Å². The zero-order valence-corrected chi connectivity index (χ0v) is 17.0. The summed E-state index contributed by atoms with van der Waals surface area (Å²) < 4.78 is 0. The zero-order chi connectivity index (χ0) is 17.0. The molecule has 0 radical (unpaired) electrons. The van der Waals surface area contributed by atoms with Crippen molar-refractivity contribution in [3.8, 4) is 0 Å². The van der Waals surface area contributed by atoms with Gasteiger partial charge in [-0.15, -0.1) is 0 Å². The van der Waals surface area contributed by atoms with Crippen LogP contribution >= 0.6 is 0 Å². The van der Waals surface area contributed by atoms with Crippen molar-refractivity contribution in [1.82, 2.24) is 0 Å². The molecule has 1 fully saturated rings. The Morgan fingerprint density at radius 2 is 1.68 bits per heavy atom. The predicted molar refractivity (Wildman–Crippen MR) is 101 cm³/mol. The van der Waals surface area contributed by atoms with Gasteiger partial charge in [0.05, 0.1) is 0 Å². The van der Waals surface area contributed by atoms with E-state index in [9.17, 15) is 0 Å². The summed E-state index contributed by atoms with van der Waals surface area (Å²) in [4.78, 5) is 0. The fraction of sp³-hybridized carbons (Fsp3) is 1.00. The van der Waals surface area contributed by atoms with Gasteiger partial charge in [0.15, 0.2) is 0 Å². The second-order valence-corrected chi connectivity index (χ2v) is 9.31. The van der Waals surface area contributed by atoms with E-state index in [1.54, 1.807) is 0 Å². The maximum Gasteiger partial charge on any atom is -0.0295 e.